The van der Waals surface area contributed by atoms with Crippen LogP contribution in [0.4, 0.5) is 13.2 Å². The summed E-state index contributed by atoms with van der Waals surface area (Å²) in [6, 6.07) is 0. The number of aromatic nitrogens is 1. The van der Waals surface area contributed by atoms with Crippen molar-refractivity contribution in [3.05, 3.63) is 27.7 Å². The Balaban J connectivity index is 3.28. The largest absolute Gasteiger partial charge is 0.462 e. The summed E-state index contributed by atoms with van der Waals surface area (Å²) in [5.74, 6) is -2.27. The standard InChI is InChI=1S/C9H7BrF3NO2/c1-2-16-9(15)4-3-14-7(10)6(11)5(4)8(12)13/h3,8H,2H2,1H3. The summed E-state index contributed by atoms with van der Waals surface area (Å²) >= 11 is 2.67. The molecule has 16 heavy (non-hydrogen) atoms. The van der Waals surface area contributed by atoms with Crippen molar-refractivity contribution >= 4 is 21.9 Å². The first-order chi connectivity index (χ1) is 7.49. The third kappa shape index (κ3) is 2.52. The lowest BCUT2D eigenvalue weighted by molar-refractivity contribution is 0.0512. The fourth-order valence-corrected chi connectivity index (χ4v) is 1.38. The number of rotatable bonds is 3. The van der Waals surface area contributed by atoms with Crippen LogP contribution >= 0.6 is 15.9 Å². The molecule has 0 N–H and O–H groups in total. The average Bonchev–Trinajstić information content (AvgIpc) is 2.21. The molecule has 7 heteroatoms. The SMILES string of the molecule is CCOC(=O)c1cnc(Br)c(F)c1C(F)F. The van der Waals surface area contributed by atoms with E-state index in [1.165, 1.54) is 6.92 Å². The van der Waals surface area contributed by atoms with E-state index in [4.69, 9.17) is 0 Å². The summed E-state index contributed by atoms with van der Waals surface area (Å²) in [6.07, 6.45) is -2.26. The van der Waals surface area contributed by atoms with Gasteiger partial charge in [-0.05, 0) is 22.9 Å². The first-order valence-electron chi connectivity index (χ1n) is 4.28. The lowest BCUT2D eigenvalue weighted by Crippen LogP contribution is -2.11. The second-order valence-corrected chi connectivity index (χ2v) is 3.46. The normalized spacial score (nSPS) is 10.6. The number of hydrogen-bond donors (Lipinski definition) is 0. The molecule has 0 saturated carbocycles. The average molecular weight is 298 g/mol. The Morgan fingerprint density at radius 1 is 1.62 bits per heavy atom. The highest BCUT2D eigenvalue weighted by atomic mass is 79.9. The lowest BCUT2D eigenvalue weighted by atomic mass is 10.1. The van der Waals surface area contributed by atoms with Crippen LogP contribution in [0.5, 0.6) is 0 Å². The van der Waals surface area contributed by atoms with Crippen LogP contribution < -0.4 is 0 Å². The van der Waals surface area contributed by atoms with Gasteiger partial charge in [0.2, 0.25) is 0 Å². The number of halogens is 4. The molecule has 0 aliphatic carbocycles. The predicted octanol–water partition coefficient (Wildman–Crippen LogP) is 3.10. The van der Waals surface area contributed by atoms with Gasteiger partial charge in [-0.15, -0.1) is 0 Å². The molecule has 1 aromatic rings. The first kappa shape index (κ1) is 13.0. The Morgan fingerprint density at radius 2 is 2.25 bits per heavy atom. The third-order valence-corrected chi connectivity index (χ3v) is 2.28. The fraction of sp³-hybridized carbons (Fsp3) is 0.333. The molecule has 3 nitrogen and oxygen atoms in total. The van der Waals surface area contributed by atoms with Crippen LogP contribution in [0.2, 0.25) is 0 Å². The number of carbonyl (C=O) groups is 1. The second kappa shape index (κ2) is 5.29. The maximum atomic E-state index is 13.3. The molecule has 0 aliphatic rings. The second-order valence-electron chi connectivity index (χ2n) is 2.71. The zero-order valence-corrected chi connectivity index (χ0v) is 9.72. The van der Waals surface area contributed by atoms with E-state index in [1.807, 2.05) is 0 Å². The van der Waals surface area contributed by atoms with Crippen LogP contribution in [0.1, 0.15) is 29.3 Å². The van der Waals surface area contributed by atoms with Crippen molar-refractivity contribution in [2.75, 3.05) is 6.61 Å². The van der Waals surface area contributed by atoms with Crippen LogP contribution in [0.15, 0.2) is 10.8 Å². The number of ether oxygens (including phenoxy) is 1. The maximum absolute atomic E-state index is 13.3. The quantitative estimate of drug-likeness (QED) is 0.636. The van der Waals surface area contributed by atoms with Crippen molar-refractivity contribution in [1.29, 1.82) is 0 Å². The van der Waals surface area contributed by atoms with Gasteiger partial charge in [-0.25, -0.2) is 22.9 Å². The molecule has 0 unspecified atom stereocenters. The number of hydrogen-bond acceptors (Lipinski definition) is 3. The number of nitrogens with zero attached hydrogens (tertiary/aromatic N) is 1. The topological polar surface area (TPSA) is 39.2 Å². The molecular formula is C9H7BrF3NO2. The van der Waals surface area contributed by atoms with Gasteiger partial charge in [0.1, 0.15) is 4.60 Å². The molecule has 0 aromatic carbocycles. The van der Waals surface area contributed by atoms with E-state index in [9.17, 15) is 18.0 Å². The van der Waals surface area contributed by atoms with Crippen molar-refractivity contribution in [3.63, 3.8) is 0 Å². The van der Waals surface area contributed by atoms with Crippen LogP contribution in [0, 0.1) is 5.82 Å². The van der Waals surface area contributed by atoms with Gasteiger partial charge >= 0.3 is 5.97 Å². The smallest absolute Gasteiger partial charge is 0.340 e. The predicted molar refractivity (Wildman–Crippen MR) is 52.8 cm³/mol. The Hall–Kier alpha value is -1.11. The Morgan fingerprint density at radius 3 is 2.75 bits per heavy atom. The van der Waals surface area contributed by atoms with E-state index in [0.717, 1.165) is 6.20 Å². The van der Waals surface area contributed by atoms with Gasteiger partial charge in [-0.2, -0.15) is 0 Å². The Labute approximate surface area is 97.8 Å². The molecule has 1 rings (SSSR count). The summed E-state index contributed by atoms with van der Waals surface area (Å²) in [5.41, 5.74) is -1.56. The van der Waals surface area contributed by atoms with E-state index < -0.39 is 29.3 Å². The molecule has 1 aromatic heterocycles. The van der Waals surface area contributed by atoms with Gasteiger partial charge in [0.15, 0.2) is 5.82 Å². The molecule has 0 bridgehead atoms. The molecule has 88 valence electrons. The highest BCUT2D eigenvalue weighted by Gasteiger charge is 2.26. The van der Waals surface area contributed by atoms with Crippen molar-refractivity contribution < 1.29 is 22.7 Å². The Kier molecular flexibility index (Phi) is 4.28. The van der Waals surface area contributed by atoms with E-state index in [-0.39, 0.29) is 11.2 Å². The lowest BCUT2D eigenvalue weighted by Gasteiger charge is -2.09. The Bertz CT molecular complexity index is 412. The monoisotopic (exact) mass is 297 g/mol. The molecule has 0 atom stereocenters. The number of carbonyl (C=O) groups excluding carboxylic acids is 1. The van der Waals surface area contributed by atoms with Gasteiger partial charge < -0.3 is 4.74 Å². The van der Waals surface area contributed by atoms with Crippen LogP contribution in [-0.4, -0.2) is 17.6 Å². The van der Waals surface area contributed by atoms with Gasteiger partial charge in [-0.1, -0.05) is 0 Å². The number of pyridine rings is 1. The van der Waals surface area contributed by atoms with Crippen molar-refractivity contribution in [2.45, 2.75) is 13.3 Å². The van der Waals surface area contributed by atoms with Gasteiger partial charge in [0.05, 0.1) is 17.7 Å². The van der Waals surface area contributed by atoms with E-state index >= 15 is 0 Å². The van der Waals surface area contributed by atoms with Crippen molar-refractivity contribution in [1.82, 2.24) is 4.98 Å². The fourth-order valence-electron chi connectivity index (χ4n) is 1.06. The maximum Gasteiger partial charge on any atom is 0.340 e. The van der Waals surface area contributed by atoms with Crippen LogP contribution in [-0.2, 0) is 4.74 Å². The summed E-state index contributed by atoms with van der Waals surface area (Å²) in [7, 11) is 0. The molecule has 0 amide bonds. The van der Waals surface area contributed by atoms with E-state index in [0.29, 0.717) is 0 Å². The van der Waals surface area contributed by atoms with Gasteiger partial charge in [-0.3, -0.25) is 0 Å². The minimum Gasteiger partial charge on any atom is -0.462 e. The summed E-state index contributed by atoms with van der Waals surface area (Å²) in [4.78, 5) is 14.7. The molecule has 0 fully saturated rings. The summed E-state index contributed by atoms with van der Waals surface area (Å²) < 4.78 is 42.6. The molecule has 1 heterocycles. The highest BCUT2D eigenvalue weighted by Crippen LogP contribution is 2.29. The summed E-state index contributed by atoms with van der Waals surface area (Å²) in [5, 5.41) is 0. The van der Waals surface area contributed by atoms with Crippen LogP contribution in [0.3, 0.4) is 0 Å². The molecule has 0 spiro atoms. The number of esters is 1. The van der Waals surface area contributed by atoms with Crippen molar-refractivity contribution in [3.8, 4) is 0 Å². The zero-order valence-electron chi connectivity index (χ0n) is 8.14. The number of alkyl halides is 2. The molecule has 0 aliphatic heterocycles. The first-order valence-corrected chi connectivity index (χ1v) is 5.07. The van der Waals surface area contributed by atoms with Crippen LogP contribution in [0.25, 0.3) is 0 Å². The minimum atomic E-state index is -3.11. The summed E-state index contributed by atoms with van der Waals surface area (Å²) in [6.45, 7) is 1.53. The molecular weight excluding hydrogens is 291 g/mol. The molecule has 0 saturated heterocycles. The van der Waals surface area contributed by atoms with E-state index in [2.05, 4.69) is 25.7 Å². The minimum absolute atomic E-state index is 0.0131. The van der Waals surface area contributed by atoms with Gasteiger partial charge in [0, 0.05) is 6.20 Å². The molecule has 0 radical (unpaired) electrons. The highest BCUT2D eigenvalue weighted by molar-refractivity contribution is 9.10. The van der Waals surface area contributed by atoms with Gasteiger partial charge in [0.25, 0.3) is 6.43 Å². The van der Waals surface area contributed by atoms with Crippen molar-refractivity contribution in [2.24, 2.45) is 0 Å². The third-order valence-electron chi connectivity index (χ3n) is 1.73. The zero-order chi connectivity index (χ0) is 12.3. The van der Waals surface area contributed by atoms with E-state index in [1.54, 1.807) is 0 Å².